The van der Waals surface area contributed by atoms with E-state index >= 15 is 0 Å². The van der Waals surface area contributed by atoms with Gasteiger partial charge in [-0.05, 0) is 54.9 Å². The fourth-order valence-corrected chi connectivity index (χ4v) is 1.96. The highest BCUT2D eigenvalue weighted by atomic mass is 79.9. The molecule has 0 aliphatic heterocycles. The number of rotatable bonds is 4. The molecule has 0 aliphatic rings. The van der Waals surface area contributed by atoms with Crippen molar-refractivity contribution in [3.63, 3.8) is 0 Å². The van der Waals surface area contributed by atoms with Crippen molar-refractivity contribution in [2.75, 3.05) is 6.54 Å². The Morgan fingerprint density at radius 2 is 1.95 bits per heavy atom. The Bertz CT molecular complexity index is 513. The number of hydrogen-bond acceptors (Lipinski definition) is 3. The molecule has 0 unspecified atom stereocenters. The van der Waals surface area contributed by atoms with E-state index in [0.717, 1.165) is 0 Å². The number of aromatic hydroxyl groups is 1. The summed E-state index contributed by atoms with van der Waals surface area (Å²) in [6.07, 6.45) is 0. The first-order valence-electron chi connectivity index (χ1n) is 5.75. The van der Waals surface area contributed by atoms with Crippen molar-refractivity contribution in [3.05, 3.63) is 28.2 Å². The summed E-state index contributed by atoms with van der Waals surface area (Å²) < 4.78 is 0.476. The maximum Gasteiger partial charge on any atom is 0.329 e. The molecule has 0 saturated heterocycles. The van der Waals surface area contributed by atoms with Gasteiger partial charge in [-0.3, -0.25) is 4.79 Å². The van der Waals surface area contributed by atoms with Gasteiger partial charge in [-0.15, -0.1) is 0 Å². The van der Waals surface area contributed by atoms with Gasteiger partial charge in [-0.25, -0.2) is 4.79 Å². The summed E-state index contributed by atoms with van der Waals surface area (Å²) in [7, 11) is 0. The maximum atomic E-state index is 12.3. The number of nitrogens with zero attached hydrogens (tertiary/aromatic N) is 1. The molecule has 0 saturated carbocycles. The second-order valence-electron chi connectivity index (χ2n) is 4.58. The van der Waals surface area contributed by atoms with Crippen molar-refractivity contribution < 1.29 is 19.8 Å². The number of carboxylic acids is 1. The largest absolute Gasteiger partial charge is 0.507 e. The lowest BCUT2D eigenvalue weighted by atomic mass is 10.0. The predicted octanol–water partition coefficient (Wildman–Crippen LogP) is 2.48. The molecule has 1 aromatic rings. The molecular formula is C13H16BrNO4. The number of carboxylic acid groups (broad SMARTS) is 1. The molecule has 0 fully saturated rings. The zero-order chi connectivity index (χ0) is 14.8. The molecule has 0 heterocycles. The minimum absolute atomic E-state index is 0.0602. The second kappa shape index (κ2) is 5.61. The van der Waals surface area contributed by atoms with Crippen molar-refractivity contribution in [2.45, 2.75) is 26.3 Å². The fraction of sp³-hybridized carbons (Fsp3) is 0.385. The smallest absolute Gasteiger partial charge is 0.329 e. The zero-order valence-corrected chi connectivity index (χ0v) is 12.6. The van der Waals surface area contributed by atoms with Crippen LogP contribution in [0.15, 0.2) is 22.7 Å². The minimum atomic E-state index is -1.31. The van der Waals surface area contributed by atoms with E-state index in [-0.39, 0.29) is 17.9 Å². The number of hydrogen-bond donors (Lipinski definition) is 2. The summed E-state index contributed by atoms with van der Waals surface area (Å²) in [4.78, 5) is 24.8. The topological polar surface area (TPSA) is 77.8 Å². The summed E-state index contributed by atoms with van der Waals surface area (Å²) in [5.74, 6) is -1.57. The lowest BCUT2D eigenvalue weighted by Crippen LogP contribution is -2.52. The standard InChI is InChI=1S/C13H16BrNO4/c1-4-15(13(2,3)12(18)19)11(17)8-5-6-9(14)10(16)7-8/h5-7,16H,4H2,1-3H3,(H,18,19). The quantitative estimate of drug-likeness (QED) is 0.889. The van der Waals surface area contributed by atoms with Gasteiger partial charge in [0.2, 0.25) is 0 Å². The van der Waals surface area contributed by atoms with Crippen LogP contribution in [0, 0.1) is 0 Å². The summed E-state index contributed by atoms with van der Waals surface area (Å²) in [5.41, 5.74) is -1.06. The lowest BCUT2D eigenvalue weighted by molar-refractivity contribution is -0.147. The van der Waals surface area contributed by atoms with Crippen LogP contribution in [-0.2, 0) is 4.79 Å². The van der Waals surface area contributed by atoms with Gasteiger partial charge in [0.1, 0.15) is 11.3 Å². The highest BCUT2D eigenvalue weighted by Crippen LogP contribution is 2.26. The summed E-state index contributed by atoms with van der Waals surface area (Å²) in [5, 5.41) is 18.8. The van der Waals surface area contributed by atoms with Crippen LogP contribution in [0.2, 0.25) is 0 Å². The van der Waals surface area contributed by atoms with E-state index in [0.29, 0.717) is 4.47 Å². The summed E-state index contributed by atoms with van der Waals surface area (Å²) >= 11 is 3.13. The van der Waals surface area contributed by atoms with Crippen LogP contribution in [0.4, 0.5) is 0 Å². The number of carbonyl (C=O) groups is 2. The fourth-order valence-electron chi connectivity index (χ4n) is 1.71. The van der Waals surface area contributed by atoms with Gasteiger partial charge in [0.15, 0.2) is 0 Å². The molecule has 0 spiro atoms. The highest BCUT2D eigenvalue weighted by molar-refractivity contribution is 9.10. The number of aliphatic carboxylic acids is 1. The van der Waals surface area contributed by atoms with E-state index in [4.69, 9.17) is 0 Å². The van der Waals surface area contributed by atoms with E-state index in [9.17, 15) is 19.8 Å². The number of halogens is 1. The van der Waals surface area contributed by atoms with Crippen molar-refractivity contribution >= 4 is 27.8 Å². The van der Waals surface area contributed by atoms with Crippen LogP contribution < -0.4 is 0 Å². The van der Waals surface area contributed by atoms with E-state index in [2.05, 4.69) is 15.9 Å². The van der Waals surface area contributed by atoms with E-state index in [1.54, 1.807) is 13.0 Å². The van der Waals surface area contributed by atoms with Crippen molar-refractivity contribution in [2.24, 2.45) is 0 Å². The average molecular weight is 330 g/mol. The number of likely N-dealkylation sites (N-methyl/N-ethyl adjacent to an activating group) is 1. The molecule has 0 aliphatic carbocycles. The first-order valence-corrected chi connectivity index (χ1v) is 6.55. The number of benzene rings is 1. The van der Waals surface area contributed by atoms with Crippen LogP contribution in [-0.4, -0.2) is 39.1 Å². The Kier molecular flexibility index (Phi) is 4.57. The Balaban J connectivity index is 3.15. The molecule has 0 bridgehead atoms. The third-order valence-electron chi connectivity index (χ3n) is 2.95. The van der Waals surface area contributed by atoms with E-state index in [1.165, 1.54) is 30.9 Å². The summed E-state index contributed by atoms with van der Waals surface area (Å²) in [6.45, 7) is 4.90. The Morgan fingerprint density at radius 1 is 1.37 bits per heavy atom. The Morgan fingerprint density at radius 3 is 2.37 bits per heavy atom. The van der Waals surface area contributed by atoms with Gasteiger partial charge in [-0.2, -0.15) is 0 Å². The number of phenolic OH excluding ortho intramolecular Hbond substituents is 1. The molecular weight excluding hydrogens is 314 g/mol. The van der Waals surface area contributed by atoms with Crippen LogP contribution in [0.1, 0.15) is 31.1 Å². The monoisotopic (exact) mass is 329 g/mol. The minimum Gasteiger partial charge on any atom is -0.507 e. The van der Waals surface area contributed by atoms with Gasteiger partial charge in [-0.1, -0.05) is 0 Å². The zero-order valence-electron chi connectivity index (χ0n) is 11.0. The van der Waals surface area contributed by atoms with E-state index in [1.807, 2.05) is 0 Å². The van der Waals surface area contributed by atoms with Gasteiger partial charge in [0.05, 0.1) is 4.47 Å². The van der Waals surface area contributed by atoms with Gasteiger partial charge in [0, 0.05) is 12.1 Å². The molecule has 0 radical (unpaired) electrons. The first kappa shape index (κ1) is 15.5. The van der Waals surface area contributed by atoms with Crippen LogP contribution in [0.25, 0.3) is 0 Å². The molecule has 5 nitrogen and oxygen atoms in total. The number of carbonyl (C=O) groups excluding carboxylic acids is 1. The number of phenols is 1. The van der Waals surface area contributed by atoms with E-state index < -0.39 is 17.4 Å². The molecule has 19 heavy (non-hydrogen) atoms. The summed E-state index contributed by atoms with van der Waals surface area (Å²) in [6, 6.07) is 4.39. The number of amides is 1. The molecule has 1 aromatic carbocycles. The first-order chi connectivity index (χ1) is 8.71. The normalized spacial score (nSPS) is 11.2. The molecule has 104 valence electrons. The van der Waals surface area contributed by atoms with Crippen molar-refractivity contribution in [1.29, 1.82) is 0 Å². The Labute approximate surface area is 120 Å². The van der Waals surface area contributed by atoms with Gasteiger partial charge < -0.3 is 15.1 Å². The van der Waals surface area contributed by atoms with Crippen LogP contribution >= 0.6 is 15.9 Å². The highest BCUT2D eigenvalue weighted by Gasteiger charge is 2.37. The third kappa shape index (κ3) is 3.07. The van der Waals surface area contributed by atoms with Crippen molar-refractivity contribution in [3.8, 4) is 5.75 Å². The molecule has 1 rings (SSSR count). The Hall–Kier alpha value is -1.56. The molecule has 2 N–H and O–H groups in total. The molecule has 0 aromatic heterocycles. The molecule has 0 atom stereocenters. The van der Waals surface area contributed by atoms with Gasteiger partial charge >= 0.3 is 5.97 Å². The average Bonchev–Trinajstić information content (AvgIpc) is 2.32. The van der Waals surface area contributed by atoms with Crippen LogP contribution in [0.5, 0.6) is 5.75 Å². The van der Waals surface area contributed by atoms with Crippen molar-refractivity contribution in [1.82, 2.24) is 4.90 Å². The predicted molar refractivity (Wildman–Crippen MR) is 74.2 cm³/mol. The molecule has 6 heteroatoms. The van der Waals surface area contributed by atoms with Gasteiger partial charge in [0.25, 0.3) is 5.91 Å². The maximum absolute atomic E-state index is 12.3. The third-order valence-corrected chi connectivity index (χ3v) is 3.62. The van der Waals surface area contributed by atoms with Crippen LogP contribution in [0.3, 0.4) is 0 Å². The lowest BCUT2D eigenvalue weighted by Gasteiger charge is -2.34. The SMILES string of the molecule is CCN(C(=O)c1ccc(Br)c(O)c1)C(C)(C)C(=O)O. The molecule has 1 amide bonds. The second-order valence-corrected chi connectivity index (χ2v) is 5.43.